The van der Waals surface area contributed by atoms with Crippen LogP contribution in [0.25, 0.3) is 0 Å². The highest BCUT2D eigenvalue weighted by Gasteiger charge is 2.15. The Hall–Kier alpha value is -1.84. The molecular weight excluding hydrogens is 278 g/mol. The molecule has 0 aliphatic heterocycles. The average Bonchev–Trinajstić information content (AvgIpc) is 2.54. The zero-order chi connectivity index (χ0) is 16.4. The molecule has 0 aliphatic carbocycles. The molecule has 1 aromatic carbocycles. The summed E-state index contributed by atoms with van der Waals surface area (Å²) in [6, 6.07) is 7.47. The van der Waals surface area contributed by atoms with Crippen LogP contribution in [0.15, 0.2) is 24.3 Å². The summed E-state index contributed by atoms with van der Waals surface area (Å²) in [4.78, 5) is 25.3. The van der Waals surface area contributed by atoms with E-state index in [0.29, 0.717) is 12.2 Å². The number of benzene rings is 1. The Bertz CT molecular complexity index is 468. The Morgan fingerprint density at radius 2 is 1.73 bits per heavy atom. The number of ether oxygens (including phenoxy) is 1. The minimum atomic E-state index is -0.350. The van der Waals surface area contributed by atoms with Crippen molar-refractivity contribution < 1.29 is 14.3 Å². The minimum Gasteiger partial charge on any atom is -0.464 e. The number of hydrogen-bond acceptors (Lipinski definition) is 3. The van der Waals surface area contributed by atoms with Gasteiger partial charge in [-0.05, 0) is 30.5 Å². The maximum Gasteiger partial charge on any atom is 0.325 e. The van der Waals surface area contributed by atoms with E-state index in [1.807, 2.05) is 12.1 Å². The Morgan fingerprint density at radius 3 is 2.32 bits per heavy atom. The number of esters is 1. The Morgan fingerprint density at radius 1 is 1.05 bits per heavy atom. The maximum atomic E-state index is 12.2. The normalized spacial score (nSPS) is 10.3. The molecule has 0 saturated carbocycles. The first-order chi connectivity index (χ1) is 10.6. The van der Waals surface area contributed by atoms with E-state index in [-0.39, 0.29) is 18.4 Å². The number of nitrogens with zero attached hydrogens (tertiary/aromatic N) is 1. The monoisotopic (exact) mass is 305 g/mol. The lowest BCUT2D eigenvalue weighted by atomic mass is 10.1. The fourth-order valence-electron chi connectivity index (χ4n) is 2.13. The SMILES string of the molecule is CCCCCCOC(=O)CN(C)C(=O)c1ccc(CC)cc1. The van der Waals surface area contributed by atoms with Crippen LogP contribution in [0, 0.1) is 0 Å². The summed E-state index contributed by atoms with van der Waals surface area (Å²) in [7, 11) is 1.62. The molecule has 122 valence electrons. The number of rotatable bonds is 9. The van der Waals surface area contributed by atoms with Crippen molar-refractivity contribution in [1.82, 2.24) is 4.90 Å². The quantitative estimate of drug-likeness (QED) is 0.518. The number of aryl methyl sites for hydroxylation is 1. The van der Waals surface area contributed by atoms with E-state index in [1.54, 1.807) is 19.2 Å². The first-order valence-corrected chi connectivity index (χ1v) is 8.08. The number of hydrogen-bond donors (Lipinski definition) is 0. The molecule has 22 heavy (non-hydrogen) atoms. The lowest BCUT2D eigenvalue weighted by Gasteiger charge is -2.16. The second-order valence-corrected chi connectivity index (χ2v) is 5.49. The van der Waals surface area contributed by atoms with Crippen LogP contribution < -0.4 is 0 Å². The average molecular weight is 305 g/mol. The highest BCUT2D eigenvalue weighted by atomic mass is 16.5. The third-order valence-corrected chi connectivity index (χ3v) is 3.58. The molecule has 0 unspecified atom stereocenters. The van der Waals surface area contributed by atoms with Gasteiger partial charge in [-0.25, -0.2) is 0 Å². The van der Waals surface area contributed by atoms with Crippen LogP contribution in [0.2, 0.25) is 0 Å². The molecule has 0 heterocycles. The number of likely N-dealkylation sites (N-methyl/N-ethyl adjacent to an activating group) is 1. The molecule has 1 rings (SSSR count). The van der Waals surface area contributed by atoms with Crippen LogP contribution in [-0.4, -0.2) is 37.0 Å². The summed E-state index contributed by atoms with van der Waals surface area (Å²) < 4.78 is 5.15. The molecule has 0 aromatic heterocycles. The van der Waals surface area contributed by atoms with Crippen molar-refractivity contribution in [2.24, 2.45) is 0 Å². The molecule has 0 spiro atoms. The van der Waals surface area contributed by atoms with Crippen LogP contribution >= 0.6 is 0 Å². The van der Waals surface area contributed by atoms with E-state index in [4.69, 9.17) is 4.74 Å². The lowest BCUT2D eigenvalue weighted by molar-refractivity contribution is -0.144. The van der Waals surface area contributed by atoms with Gasteiger partial charge >= 0.3 is 5.97 Å². The van der Waals surface area contributed by atoms with Crippen molar-refractivity contribution in [2.45, 2.75) is 46.0 Å². The standard InChI is InChI=1S/C18H27NO3/c1-4-6-7-8-13-22-17(20)14-19(3)18(21)16-11-9-15(5-2)10-12-16/h9-12H,4-8,13-14H2,1-3H3. The van der Waals surface area contributed by atoms with Crippen molar-refractivity contribution in [3.05, 3.63) is 35.4 Å². The minimum absolute atomic E-state index is 0.0118. The molecule has 0 fully saturated rings. The number of unbranched alkanes of at least 4 members (excludes halogenated alkanes) is 3. The van der Waals surface area contributed by atoms with Gasteiger partial charge in [0.15, 0.2) is 0 Å². The van der Waals surface area contributed by atoms with Crippen LogP contribution in [0.4, 0.5) is 0 Å². The van der Waals surface area contributed by atoms with Gasteiger partial charge in [0.1, 0.15) is 6.54 Å². The van der Waals surface area contributed by atoms with Gasteiger partial charge in [-0.15, -0.1) is 0 Å². The van der Waals surface area contributed by atoms with Gasteiger partial charge in [-0.2, -0.15) is 0 Å². The van der Waals surface area contributed by atoms with Crippen molar-refractivity contribution in [3.63, 3.8) is 0 Å². The van der Waals surface area contributed by atoms with E-state index >= 15 is 0 Å². The number of amides is 1. The zero-order valence-electron chi connectivity index (χ0n) is 13.9. The predicted molar refractivity (Wildman–Crippen MR) is 87.9 cm³/mol. The summed E-state index contributed by atoms with van der Waals surface area (Å²) in [5.74, 6) is -0.511. The molecule has 0 atom stereocenters. The molecule has 0 saturated heterocycles. The number of carbonyl (C=O) groups is 2. The van der Waals surface area contributed by atoms with E-state index in [1.165, 1.54) is 10.5 Å². The van der Waals surface area contributed by atoms with E-state index in [2.05, 4.69) is 13.8 Å². The summed E-state index contributed by atoms with van der Waals surface area (Å²) >= 11 is 0. The zero-order valence-corrected chi connectivity index (χ0v) is 13.9. The van der Waals surface area contributed by atoms with Crippen LogP contribution in [0.3, 0.4) is 0 Å². The van der Waals surface area contributed by atoms with Gasteiger partial charge in [-0.3, -0.25) is 9.59 Å². The molecule has 0 N–H and O–H groups in total. The van der Waals surface area contributed by atoms with Gasteiger partial charge in [-0.1, -0.05) is 45.2 Å². The third kappa shape index (κ3) is 6.29. The van der Waals surface area contributed by atoms with Crippen molar-refractivity contribution in [1.29, 1.82) is 0 Å². The van der Waals surface area contributed by atoms with Gasteiger partial charge in [0.2, 0.25) is 0 Å². The van der Waals surface area contributed by atoms with Gasteiger partial charge in [0, 0.05) is 12.6 Å². The second-order valence-electron chi connectivity index (χ2n) is 5.49. The van der Waals surface area contributed by atoms with Crippen LogP contribution in [0.5, 0.6) is 0 Å². The fourth-order valence-corrected chi connectivity index (χ4v) is 2.13. The molecule has 0 bridgehead atoms. The molecule has 4 nitrogen and oxygen atoms in total. The van der Waals surface area contributed by atoms with Crippen molar-refractivity contribution in [2.75, 3.05) is 20.2 Å². The highest BCUT2D eigenvalue weighted by molar-refractivity contribution is 5.95. The summed E-state index contributed by atoms with van der Waals surface area (Å²) in [5.41, 5.74) is 1.78. The van der Waals surface area contributed by atoms with Crippen LogP contribution in [0.1, 0.15) is 55.5 Å². The van der Waals surface area contributed by atoms with E-state index < -0.39 is 0 Å². The van der Waals surface area contributed by atoms with Gasteiger partial charge in [0.05, 0.1) is 6.61 Å². The number of carbonyl (C=O) groups excluding carboxylic acids is 2. The van der Waals surface area contributed by atoms with Crippen molar-refractivity contribution in [3.8, 4) is 0 Å². The highest BCUT2D eigenvalue weighted by Crippen LogP contribution is 2.08. The molecule has 1 amide bonds. The molecule has 0 radical (unpaired) electrons. The van der Waals surface area contributed by atoms with E-state index in [0.717, 1.165) is 32.1 Å². The first-order valence-electron chi connectivity index (χ1n) is 8.08. The summed E-state index contributed by atoms with van der Waals surface area (Å²) in [6.07, 6.45) is 5.21. The molecule has 4 heteroatoms. The lowest BCUT2D eigenvalue weighted by Crippen LogP contribution is -2.33. The van der Waals surface area contributed by atoms with Crippen molar-refractivity contribution >= 4 is 11.9 Å². The van der Waals surface area contributed by atoms with Gasteiger partial charge in [0.25, 0.3) is 5.91 Å². The molecular formula is C18H27NO3. The predicted octanol–water partition coefficient (Wildman–Crippen LogP) is 3.44. The first kappa shape index (κ1) is 18.2. The van der Waals surface area contributed by atoms with Gasteiger partial charge < -0.3 is 9.64 Å². The fraction of sp³-hybridized carbons (Fsp3) is 0.556. The second kappa shape index (κ2) is 9.98. The molecule has 0 aliphatic rings. The smallest absolute Gasteiger partial charge is 0.325 e. The maximum absolute atomic E-state index is 12.2. The topological polar surface area (TPSA) is 46.6 Å². The summed E-state index contributed by atoms with van der Waals surface area (Å²) in [6.45, 7) is 4.63. The largest absolute Gasteiger partial charge is 0.464 e. The van der Waals surface area contributed by atoms with Crippen LogP contribution in [-0.2, 0) is 16.0 Å². The van der Waals surface area contributed by atoms with E-state index in [9.17, 15) is 9.59 Å². The molecule has 1 aromatic rings. The third-order valence-electron chi connectivity index (χ3n) is 3.58. The Labute approximate surface area is 133 Å². The Balaban J connectivity index is 2.37. The summed E-state index contributed by atoms with van der Waals surface area (Å²) in [5, 5.41) is 0. The Kier molecular flexibility index (Phi) is 8.26.